The number of aromatic nitrogens is 1. The summed E-state index contributed by atoms with van der Waals surface area (Å²) in [7, 11) is 1.55. The minimum atomic E-state index is -1.34. The van der Waals surface area contributed by atoms with Crippen LogP contribution in [0.25, 0.3) is 10.9 Å². The highest BCUT2D eigenvalue weighted by molar-refractivity contribution is 8.01. The summed E-state index contributed by atoms with van der Waals surface area (Å²) in [6, 6.07) is 6.79. The van der Waals surface area contributed by atoms with Crippen molar-refractivity contribution >= 4 is 51.6 Å². The smallest absolute Gasteiger partial charge is 0.308 e. The van der Waals surface area contributed by atoms with Gasteiger partial charge in [-0.3, -0.25) is 9.78 Å². The van der Waals surface area contributed by atoms with E-state index in [9.17, 15) is 14.3 Å². The van der Waals surface area contributed by atoms with Gasteiger partial charge in [-0.25, -0.2) is 8.78 Å². The van der Waals surface area contributed by atoms with Crippen LogP contribution in [0, 0.1) is 17.7 Å². The number of alkyl halides is 1. The van der Waals surface area contributed by atoms with Gasteiger partial charge in [0, 0.05) is 41.4 Å². The van der Waals surface area contributed by atoms with Gasteiger partial charge in [0.15, 0.2) is 0 Å². The molecule has 1 saturated heterocycles. The number of halogens is 3. The number of likely N-dealkylation sites (tertiary alicyclic amines) is 1. The van der Waals surface area contributed by atoms with E-state index in [0.717, 1.165) is 23.1 Å². The van der Waals surface area contributed by atoms with Crippen molar-refractivity contribution in [1.82, 2.24) is 9.88 Å². The van der Waals surface area contributed by atoms with Gasteiger partial charge in [-0.15, -0.1) is 23.1 Å². The van der Waals surface area contributed by atoms with Crippen LogP contribution in [0.4, 0.5) is 8.78 Å². The Bertz CT molecular complexity index is 1180. The predicted octanol–water partition coefficient (Wildman–Crippen LogP) is 6.70. The highest BCUT2D eigenvalue weighted by Crippen LogP contribution is 2.38. The molecule has 1 fully saturated rings. The van der Waals surface area contributed by atoms with Crippen LogP contribution < -0.4 is 4.74 Å². The van der Waals surface area contributed by atoms with E-state index in [1.165, 1.54) is 29.0 Å². The Labute approximate surface area is 216 Å². The molecule has 2 aromatic heterocycles. The Morgan fingerprint density at radius 3 is 2.97 bits per heavy atom. The highest BCUT2D eigenvalue weighted by Gasteiger charge is 2.34. The van der Waals surface area contributed by atoms with Crippen LogP contribution in [-0.2, 0) is 4.79 Å². The third-order valence-electron chi connectivity index (χ3n) is 6.52. The molecule has 0 radical (unpaired) electrons. The Balaban J connectivity index is 1.37. The Hall–Kier alpha value is -1.94. The normalized spacial score (nSPS) is 19.7. The van der Waals surface area contributed by atoms with Crippen molar-refractivity contribution in [2.24, 2.45) is 11.8 Å². The van der Waals surface area contributed by atoms with Crippen LogP contribution in [-0.4, -0.2) is 53.5 Å². The number of hydrogen-bond donors (Lipinski definition) is 1. The second-order valence-corrected chi connectivity index (χ2v) is 11.4. The van der Waals surface area contributed by atoms with E-state index in [1.54, 1.807) is 37.1 Å². The van der Waals surface area contributed by atoms with Gasteiger partial charge < -0.3 is 14.7 Å². The van der Waals surface area contributed by atoms with Crippen LogP contribution in [0.2, 0.25) is 5.02 Å². The van der Waals surface area contributed by atoms with Crippen molar-refractivity contribution in [3.8, 4) is 5.75 Å². The molecule has 10 heteroatoms. The number of piperidine rings is 1. The molecule has 3 heterocycles. The van der Waals surface area contributed by atoms with E-state index in [0.29, 0.717) is 41.6 Å². The summed E-state index contributed by atoms with van der Waals surface area (Å²) in [6.07, 6.45) is 1.46. The second kappa shape index (κ2) is 11.9. The van der Waals surface area contributed by atoms with Crippen LogP contribution >= 0.6 is 34.7 Å². The number of aliphatic carboxylic acids is 1. The fraction of sp³-hybridized carbons (Fsp3) is 0.440. The first-order valence-corrected chi connectivity index (χ1v) is 13.7. The number of carboxylic acid groups (broad SMARTS) is 1. The maximum absolute atomic E-state index is 15.5. The minimum absolute atomic E-state index is 0.109. The lowest BCUT2D eigenvalue weighted by Gasteiger charge is -2.36. The molecule has 3 aromatic rings. The number of ether oxygens (including phenoxy) is 1. The van der Waals surface area contributed by atoms with E-state index >= 15 is 4.39 Å². The fourth-order valence-corrected chi connectivity index (χ4v) is 6.82. The summed E-state index contributed by atoms with van der Waals surface area (Å²) >= 11 is 9.29. The predicted molar refractivity (Wildman–Crippen MR) is 137 cm³/mol. The van der Waals surface area contributed by atoms with Crippen LogP contribution in [0.3, 0.4) is 0 Å². The van der Waals surface area contributed by atoms with E-state index < -0.39 is 18.1 Å². The van der Waals surface area contributed by atoms with Crippen molar-refractivity contribution < 1.29 is 23.4 Å². The summed E-state index contributed by atoms with van der Waals surface area (Å²) in [5.41, 5.74) is 1.01. The quantitative estimate of drug-likeness (QED) is 0.289. The first-order chi connectivity index (χ1) is 16.9. The van der Waals surface area contributed by atoms with Gasteiger partial charge in [-0.05, 0) is 56.0 Å². The Morgan fingerprint density at radius 2 is 2.26 bits per heavy atom. The Kier molecular flexibility index (Phi) is 8.86. The fourth-order valence-electron chi connectivity index (χ4n) is 4.66. The molecular weight excluding hydrogens is 514 g/mol. The zero-order valence-electron chi connectivity index (χ0n) is 19.3. The third kappa shape index (κ3) is 6.44. The zero-order chi connectivity index (χ0) is 24.9. The van der Waals surface area contributed by atoms with Crippen molar-refractivity contribution in [1.29, 1.82) is 0 Å². The summed E-state index contributed by atoms with van der Waals surface area (Å²) < 4.78 is 34.8. The van der Waals surface area contributed by atoms with Gasteiger partial charge in [0.05, 0.1) is 27.8 Å². The van der Waals surface area contributed by atoms with Gasteiger partial charge in [-0.1, -0.05) is 11.6 Å². The molecule has 5 nitrogen and oxygen atoms in total. The number of thioether (sulfide) groups is 1. The van der Waals surface area contributed by atoms with Gasteiger partial charge in [0.25, 0.3) is 0 Å². The van der Waals surface area contributed by atoms with Crippen LogP contribution in [0.5, 0.6) is 5.75 Å². The number of thiophene rings is 1. The summed E-state index contributed by atoms with van der Waals surface area (Å²) in [4.78, 5) is 18.4. The van der Waals surface area contributed by atoms with E-state index in [4.69, 9.17) is 16.3 Å². The van der Waals surface area contributed by atoms with Gasteiger partial charge in [0.1, 0.15) is 17.7 Å². The number of methoxy groups -OCH3 is 1. The van der Waals surface area contributed by atoms with E-state index in [2.05, 4.69) is 9.88 Å². The largest absolute Gasteiger partial charge is 0.497 e. The standard InChI is InChI=1S/C25H27ClF2N2O3S2/c1-33-17-3-5-22-18(11-17)24(20(26)12-29-22)21(28)4-2-15-6-7-30(13-19(15)25(31)32)8-9-34-23-10-16(27)14-35-23/h3,5,10-12,14-15,19,21H,2,4,6-9,13H2,1H3,(H,31,32)/t15?,19?,21-/m1/s1. The molecule has 0 bridgehead atoms. The SMILES string of the molecule is COc1ccc2ncc(Cl)c([C@H](F)CCC3CCN(CCSc4cc(F)cs4)CC3C(=O)O)c2c1. The number of fused-ring (bicyclic) bond motifs is 1. The first kappa shape index (κ1) is 26.1. The first-order valence-electron chi connectivity index (χ1n) is 11.4. The maximum Gasteiger partial charge on any atom is 0.308 e. The van der Waals surface area contributed by atoms with Gasteiger partial charge >= 0.3 is 5.97 Å². The molecule has 3 atom stereocenters. The summed E-state index contributed by atoms with van der Waals surface area (Å²) in [5.74, 6) is -0.375. The lowest BCUT2D eigenvalue weighted by molar-refractivity contribution is -0.146. The molecular formula is C25H27ClF2N2O3S2. The molecule has 1 aromatic carbocycles. The minimum Gasteiger partial charge on any atom is -0.497 e. The highest BCUT2D eigenvalue weighted by atomic mass is 35.5. The Morgan fingerprint density at radius 1 is 1.43 bits per heavy atom. The van der Waals surface area contributed by atoms with E-state index in [1.807, 2.05) is 0 Å². The molecule has 4 rings (SSSR count). The monoisotopic (exact) mass is 540 g/mol. The molecule has 0 saturated carbocycles. The molecule has 1 aliphatic rings. The average Bonchev–Trinajstić information content (AvgIpc) is 3.27. The summed E-state index contributed by atoms with van der Waals surface area (Å²) in [5, 5.41) is 12.2. The second-order valence-electron chi connectivity index (χ2n) is 8.67. The summed E-state index contributed by atoms with van der Waals surface area (Å²) in [6.45, 7) is 1.93. The molecule has 35 heavy (non-hydrogen) atoms. The lowest BCUT2D eigenvalue weighted by Crippen LogP contribution is -2.44. The molecule has 0 aliphatic carbocycles. The number of benzene rings is 1. The molecule has 188 valence electrons. The van der Waals surface area contributed by atoms with Crippen molar-refractivity contribution in [2.45, 2.75) is 29.6 Å². The molecule has 1 N–H and O–H groups in total. The number of rotatable bonds is 10. The van der Waals surface area contributed by atoms with E-state index in [-0.39, 0.29) is 23.2 Å². The average molecular weight is 541 g/mol. The number of hydrogen-bond acceptors (Lipinski definition) is 6. The molecule has 0 amide bonds. The van der Waals surface area contributed by atoms with Crippen LogP contribution in [0.1, 0.15) is 31.0 Å². The van der Waals surface area contributed by atoms with Crippen LogP contribution in [0.15, 0.2) is 40.1 Å². The number of pyridine rings is 1. The number of nitrogens with zero attached hydrogens (tertiary/aromatic N) is 2. The molecule has 1 aliphatic heterocycles. The van der Waals surface area contributed by atoms with Crippen molar-refractivity contribution in [2.75, 3.05) is 32.5 Å². The van der Waals surface area contributed by atoms with Gasteiger partial charge in [0.2, 0.25) is 0 Å². The molecule has 2 unspecified atom stereocenters. The van der Waals surface area contributed by atoms with Gasteiger partial charge in [-0.2, -0.15) is 0 Å². The topological polar surface area (TPSA) is 62.7 Å². The van der Waals surface area contributed by atoms with Crippen molar-refractivity contribution in [3.05, 3.63) is 52.2 Å². The maximum atomic E-state index is 15.5. The zero-order valence-corrected chi connectivity index (χ0v) is 21.6. The number of carbonyl (C=O) groups is 1. The lowest BCUT2D eigenvalue weighted by atomic mass is 9.81. The van der Waals surface area contributed by atoms with Crippen molar-refractivity contribution in [3.63, 3.8) is 0 Å². The third-order valence-corrected chi connectivity index (χ3v) is 8.95. The molecule has 0 spiro atoms. The number of carboxylic acids is 1.